The number of ketones is 1. The first-order valence-corrected chi connectivity index (χ1v) is 5.99. The third-order valence-electron chi connectivity index (χ3n) is 2.77. The van der Waals surface area contributed by atoms with Gasteiger partial charge in [-0.1, -0.05) is 0 Å². The van der Waals surface area contributed by atoms with E-state index in [9.17, 15) is 4.79 Å². The Morgan fingerprint density at radius 1 is 1.28 bits per heavy atom. The van der Waals surface area contributed by atoms with Crippen molar-refractivity contribution in [1.29, 1.82) is 0 Å². The first-order chi connectivity index (χ1) is 8.56. The third-order valence-corrected chi connectivity index (χ3v) is 2.77. The van der Waals surface area contributed by atoms with Crippen molar-refractivity contribution in [2.75, 3.05) is 5.73 Å². The van der Waals surface area contributed by atoms with Crippen molar-refractivity contribution < 1.29 is 4.79 Å². The van der Waals surface area contributed by atoms with Crippen LogP contribution in [0.1, 0.15) is 35.9 Å². The normalized spacial score (nSPS) is 10.8. The minimum Gasteiger partial charge on any atom is -0.399 e. The van der Waals surface area contributed by atoms with Gasteiger partial charge in [-0.15, -0.1) is 0 Å². The maximum atomic E-state index is 12.0. The molecule has 0 saturated carbocycles. The minimum atomic E-state index is 0.0593. The maximum Gasteiger partial charge on any atom is 0.168 e. The molecule has 94 valence electrons. The standard InChI is InChI=1S/C14H17N3O/c1-10(2)17-8-7-13(16-17)9-14(18)11-3-5-12(15)6-4-11/h3-8,10H,9,15H2,1-2H3. The molecule has 4 heteroatoms. The summed E-state index contributed by atoms with van der Waals surface area (Å²) in [4.78, 5) is 12.0. The fraction of sp³-hybridized carbons (Fsp3) is 0.286. The van der Waals surface area contributed by atoms with E-state index >= 15 is 0 Å². The maximum absolute atomic E-state index is 12.0. The summed E-state index contributed by atoms with van der Waals surface area (Å²) in [7, 11) is 0. The Morgan fingerprint density at radius 3 is 2.50 bits per heavy atom. The third kappa shape index (κ3) is 2.77. The largest absolute Gasteiger partial charge is 0.399 e. The van der Waals surface area contributed by atoms with Gasteiger partial charge in [0.05, 0.1) is 12.1 Å². The summed E-state index contributed by atoms with van der Waals surface area (Å²) >= 11 is 0. The average Bonchev–Trinajstić information content (AvgIpc) is 2.78. The number of aromatic nitrogens is 2. The predicted molar refractivity (Wildman–Crippen MR) is 71.5 cm³/mol. The second kappa shape index (κ2) is 5.04. The van der Waals surface area contributed by atoms with E-state index in [2.05, 4.69) is 18.9 Å². The van der Waals surface area contributed by atoms with Gasteiger partial charge >= 0.3 is 0 Å². The van der Waals surface area contributed by atoms with Crippen molar-refractivity contribution >= 4 is 11.5 Å². The van der Waals surface area contributed by atoms with E-state index in [4.69, 9.17) is 5.73 Å². The summed E-state index contributed by atoms with van der Waals surface area (Å²) in [6, 6.07) is 9.16. The number of carbonyl (C=O) groups excluding carboxylic acids is 1. The van der Waals surface area contributed by atoms with Gasteiger partial charge in [0.25, 0.3) is 0 Å². The quantitative estimate of drug-likeness (QED) is 0.663. The molecule has 2 aromatic rings. The lowest BCUT2D eigenvalue weighted by Crippen LogP contribution is -2.06. The molecule has 0 saturated heterocycles. The van der Waals surface area contributed by atoms with E-state index in [-0.39, 0.29) is 5.78 Å². The van der Waals surface area contributed by atoms with Crippen LogP contribution in [0, 0.1) is 0 Å². The zero-order valence-corrected chi connectivity index (χ0v) is 10.6. The second-order valence-electron chi connectivity index (χ2n) is 4.60. The molecule has 0 aliphatic heterocycles. The van der Waals surface area contributed by atoms with Gasteiger partial charge in [-0.05, 0) is 44.2 Å². The van der Waals surface area contributed by atoms with Crippen molar-refractivity contribution in [3.05, 3.63) is 47.8 Å². The van der Waals surface area contributed by atoms with Gasteiger partial charge in [0.1, 0.15) is 0 Å². The number of benzene rings is 1. The molecular formula is C14H17N3O. The molecule has 0 bridgehead atoms. The summed E-state index contributed by atoms with van der Waals surface area (Å²) in [6.45, 7) is 4.11. The number of nitrogens with two attached hydrogens (primary N) is 1. The molecule has 2 N–H and O–H groups in total. The Hall–Kier alpha value is -2.10. The molecule has 4 nitrogen and oxygen atoms in total. The molecule has 0 amide bonds. The van der Waals surface area contributed by atoms with Crippen LogP contribution in [0.25, 0.3) is 0 Å². The second-order valence-corrected chi connectivity index (χ2v) is 4.60. The van der Waals surface area contributed by atoms with E-state index < -0.39 is 0 Å². The monoisotopic (exact) mass is 243 g/mol. The molecule has 0 fully saturated rings. The number of nitrogens with zero attached hydrogens (tertiary/aromatic N) is 2. The summed E-state index contributed by atoms with van der Waals surface area (Å²) < 4.78 is 1.85. The lowest BCUT2D eigenvalue weighted by Gasteiger charge is -2.03. The van der Waals surface area contributed by atoms with Gasteiger partial charge in [-0.3, -0.25) is 9.48 Å². The molecule has 2 rings (SSSR count). The number of hydrogen-bond donors (Lipinski definition) is 1. The molecule has 0 aliphatic carbocycles. The molecule has 1 aromatic carbocycles. The van der Waals surface area contributed by atoms with Gasteiger partial charge in [0.15, 0.2) is 5.78 Å². The number of carbonyl (C=O) groups is 1. The highest BCUT2D eigenvalue weighted by Gasteiger charge is 2.09. The van der Waals surface area contributed by atoms with Crippen LogP contribution in [0.5, 0.6) is 0 Å². The molecule has 0 unspecified atom stereocenters. The highest BCUT2D eigenvalue weighted by molar-refractivity contribution is 5.97. The van der Waals surface area contributed by atoms with Crippen LogP contribution in [-0.2, 0) is 6.42 Å². The Morgan fingerprint density at radius 2 is 1.94 bits per heavy atom. The first-order valence-electron chi connectivity index (χ1n) is 5.99. The SMILES string of the molecule is CC(C)n1ccc(CC(=O)c2ccc(N)cc2)n1. The van der Waals surface area contributed by atoms with Crippen molar-refractivity contribution in [3.8, 4) is 0 Å². The summed E-state index contributed by atoms with van der Waals surface area (Å²) in [5, 5.41) is 4.36. The number of rotatable bonds is 4. The van der Waals surface area contributed by atoms with Crippen LogP contribution in [0.3, 0.4) is 0 Å². The smallest absolute Gasteiger partial charge is 0.168 e. The number of anilines is 1. The summed E-state index contributed by atoms with van der Waals surface area (Å²) in [6.07, 6.45) is 2.22. The fourth-order valence-electron chi connectivity index (χ4n) is 1.69. The van der Waals surface area contributed by atoms with Crippen molar-refractivity contribution in [3.63, 3.8) is 0 Å². The molecule has 0 atom stereocenters. The Kier molecular flexibility index (Phi) is 3.46. The van der Waals surface area contributed by atoms with E-state index in [0.717, 1.165) is 5.69 Å². The van der Waals surface area contributed by atoms with Crippen LogP contribution in [0.4, 0.5) is 5.69 Å². The fourth-order valence-corrected chi connectivity index (χ4v) is 1.69. The van der Waals surface area contributed by atoms with Gasteiger partial charge in [0, 0.05) is 23.5 Å². The predicted octanol–water partition coefficient (Wildman–Crippen LogP) is 2.47. The van der Waals surface area contributed by atoms with Crippen molar-refractivity contribution in [2.45, 2.75) is 26.3 Å². The van der Waals surface area contributed by atoms with Gasteiger partial charge < -0.3 is 5.73 Å². The number of hydrogen-bond acceptors (Lipinski definition) is 3. The van der Waals surface area contributed by atoms with Crippen molar-refractivity contribution in [2.24, 2.45) is 0 Å². The molecule has 0 spiro atoms. The van der Waals surface area contributed by atoms with Crippen molar-refractivity contribution in [1.82, 2.24) is 9.78 Å². The van der Waals surface area contributed by atoms with Crippen LogP contribution in [0.15, 0.2) is 36.5 Å². The Labute approximate surface area is 106 Å². The Bertz CT molecular complexity index is 540. The lowest BCUT2D eigenvalue weighted by molar-refractivity contribution is 0.0991. The van der Waals surface area contributed by atoms with E-state index in [0.29, 0.717) is 23.7 Å². The van der Waals surface area contributed by atoms with Crippen LogP contribution in [0.2, 0.25) is 0 Å². The minimum absolute atomic E-state index is 0.0593. The highest BCUT2D eigenvalue weighted by Crippen LogP contribution is 2.10. The molecule has 1 heterocycles. The van der Waals surface area contributed by atoms with E-state index in [1.807, 2.05) is 16.9 Å². The molecule has 0 aliphatic rings. The van der Waals surface area contributed by atoms with Crippen LogP contribution in [-0.4, -0.2) is 15.6 Å². The Balaban J connectivity index is 2.08. The van der Waals surface area contributed by atoms with E-state index in [1.165, 1.54) is 0 Å². The number of Topliss-reactive ketones (excluding diaryl/α,β-unsaturated/α-hetero) is 1. The zero-order valence-electron chi connectivity index (χ0n) is 10.6. The topological polar surface area (TPSA) is 60.9 Å². The zero-order chi connectivity index (χ0) is 13.1. The summed E-state index contributed by atoms with van der Waals surface area (Å²) in [5.41, 5.74) is 7.72. The van der Waals surface area contributed by atoms with Gasteiger partial charge in [0.2, 0.25) is 0 Å². The molecule has 0 radical (unpaired) electrons. The molecular weight excluding hydrogens is 226 g/mol. The molecule has 1 aromatic heterocycles. The first kappa shape index (κ1) is 12.4. The van der Waals surface area contributed by atoms with Crippen LogP contribution < -0.4 is 5.73 Å². The summed E-state index contributed by atoms with van der Waals surface area (Å²) in [5.74, 6) is 0.0593. The lowest BCUT2D eigenvalue weighted by atomic mass is 10.1. The molecule has 18 heavy (non-hydrogen) atoms. The van der Waals surface area contributed by atoms with Gasteiger partial charge in [-0.25, -0.2) is 0 Å². The number of nitrogen functional groups attached to an aromatic ring is 1. The van der Waals surface area contributed by atoms with Crippen LogP contribution >= 0.6 is 0 Å². The van der Waals surface area contributed by atoms with E-state index in [1.54, 1.807) is 24.3 Å². The highest BCUT2D eigenvalue weighted by atomic mass is 16.1. The average molecular weight is 243 g/mol. The van der Waals surface area contributed by atoms with Gasteiger partial charge in [-0.2, -0.15) is 5.10 Å².